The summed E-state index contributed by atoms with van der Waals surface area (Å²) in [7, 11) is 0. The highest BCUT2D eigenvalue weighted by Crippen LogP contribution is 2.53. The van der Waals surface area contributed by atoms with Crippen LogP contribution < -0.4 is 0 Å². The second-order valence-electron chi connectivity index (χ2n) is 6.74. The fourth-order valence-electron chi connectivity index (χ4n) is 3.89. The molecule has 0 heteroatoms. The molecule has 0 spiro atoms. The maximum absolute atomic E-state index is 4.09. The van der Waals surface area contributed by atoms with Gasteiger partial charge in [0.05, 0.1) is 0 Å². The molecule has 1 aliphatic carbocycles. The lowest BCUT2D eigenvalue weighted by Gasteiger charge is -2.22. The van der Waals surface area contributed by atoms with Crippen LogP contribution in [0.5, 0.6) is 0 Å². The van der Waals surface area contributed by atoms with Crippen LogP contribution in [0.25, 0.3) is 29.4 Å². The average molecular weight is 300 g/mol. The summed E-state index contributed by atoms with van der Waals surface area (Å²) in [6.07, 6.45) is 8.23. The highest BCUT2D eigenvalue weighted by atomic mass is 14.4. The maximum Gasteiger partial charge on any atom is 0.0159 e. The highest BCUT2D eigenvalue weighted by Gasteiger charge is 2.38. The fourth-order valence-corrected chi connectivity index (χ4v) is 3.89. The van der Waals surface area contributed by atoms with Gasteiger partial charge in [-0.25, -0.2) is 0 Å². The molecule has 1 aliphatic rings. The maximum atomic E-state index is 4.09. The van der Waals surface area contributed by atoms with E-state index in [4.69, 9.17) is 0 Å². The van der Waals surface area contributed by atoms with Crippen LogP contribution in [-0.2, 0) is 5.41 Å². The molecule has 0 aliphatic heterocycles. The first-order chi connectivity index (χ1) is 11.0. The van der Waals surface area contributed by atoms with Gasteiger partial charge in [0.1, 0.15) is 0 Å². The van der Waals surface area contributed by atoms with Crippen LogP contribution in [-0.4, -0.2) is 0 Å². The Morgan fingerprint density at radius 1 is 0.870 bits per heavy atom. The summed E-state index contributed by atoms with van der Waals surface area (Å²) in [6.45, 7) is 17.0. The molecular formula is C23H24. The molecule has 0 nitrogen and oxygen atoms in total. The molecule has 0 atom stereocenters. The molecule has 0 radical (unpaired) electrons. The van der Waals surface area contributed by atoms with Crippen molar-refractivity contribution in [3.63, 3.8) is 0 Å². The van der Waals surface area contributed by atoms with Crippen molar-refractivity contribution in [3.05, 3.63) is 76.9 Å². The lowest BCUT2D eigenvalue weighted by atomic mass is 9.81. The van der Waals surface area contributed by atoms with Crippen LogP contribution in [0.2, 0.25) is 0 Å². The third-order valence-corrected chi connectivity index (χ3v) is 5.09. The summed E-state index contributed by atoms with van der Waals surface area (Å²) < 4.78 is 0. The van der Waals surface area contributed by atoms with Crippen molar-refractivity contribution < 1.29 is 0 Å². The molecule has 0 fully saturated rings. The van der Waals surface area contributed by atoms with E-state index in [1.165, 1.54) is 44.5 Å². The van der Waals surface area contributed by atoms with Crippen molar-refractivity contribution in [2.75, 3.05) is 0 Å². The van der Waals surface area contributed by atoms with Crippen molar-refractivity contribution in [3.8, 4) is 11.1 Å². The zero-order chi connectivity index (χ0) is 16.8. The minimum Gasteiger partial charge on any atom is -0.0984 e. The third kappa shape index (κ3) is 2.05. The van der Waals surface area contributed by atoms with Crippen molar-refractivity contribution in [1.82, 2.24) is 0 Å². The molecule has 0 saturated heterocycles. The van der Waals surface area contributed by atoms with E-state index in [0.717, 1.165) is 0 Å². The monoisotopic (exact) mass is 300 g/mol. The van der Waals surface area contributed by atoms with E-state index in [1.807, 2.05) is 12.2 Å². The van der Waals surface area contributed by atoms with E-state index >= 15 is 0 Å². The Morgan fingerprint density at radius 2 is 1.43 bits per heavy atom. The predicted molar refractivity (Wildman–Crippen MR) is 104 cm³/mol. The van der Waals surface area contributed by atoms with Gasteiger partial charge in [0, 0.05) is 5.41 Å². The molecule has 2 aromatic carbocycles. The Balaban J connectivity index is 2.51. The van der Waals surface area contributed by atoms with Crippen LogP contribution in [0.3, 0.4) is 0 Å². The van der Waals surface area contributed by atoms with Crippen LogP contribution >= 0.6 is 0 Å². The number of benzene rings is 2. The number of allylic oxidation sites excluding steroid dienone is 1. The van der Waals surface area contributed by atoms with Crippen molar-refractivity contribution in [1.29, 1.82) is 0 Å². The fraction of sp³-hybridized carbons (Fsp3) is 0.217. The highest BCUT2D eigenvalue weighted by molar-refractivity contribution is 5.94. The SMILES string of the molecule is C=Cc1c(C)ccc2c1-c1c(ccc(/C=C\C)c1C=C)C2(C)C. The van der Waals surface area contributed by atoms with Crippen LogP contribution in [0.1, 0.15) is 54.2 Å². The molecule has 116 valence electrons. The number of fused-ring (bicyclic) bond motifs is 3. The quantitative estimate of drug-likeness (QED) is 0.597. The van der Waals surface area contributed by atoms with E-state index in [-0.39, 0.29) is 5.41 Å². The summed E-state index contributed by atoms with van der Waals surface area (Å²) in [4.78, 5) is 0. The van der Waals surface area contributed by atoms with Gasteiger partial charge in [-0.2, -0.15) is 0 Å². The van der Waals surface area contributed by atoms with Crippen LogP contribution in [0.4, 0.5) is 0 Å². The first kappa shape index (κ1) is 15.6. The third-order valence-electron chi connectivity index (χ3n) is 5.09. The van der Waals surface area contributed by atoms with Gasteiger partial charge in [-0.3, -0.25) is 0 Å². The van der Waals surface area contributed by atoms with E-state index in [1.54, 1.807) is 0 Å². The molecule has 3 rings (SSSR count). The van der Waals surface area contributed by atoms with Crippen molar-refractivity contribution in [2.45, 2.75) is 33.1 Å². The normalized spacial score (nSPS) is 14.6. The second kappa shape index (κ2) is 5.38. The van der Waals surface area contributed by atoms with Gasteiger partial charge < -0.3 is 0 Å². The number of hydrogen-bond donors (Lipinski definition) is 0. The summed E-state index contributed by atoms with van der Waals surface area (Å²) in [5.74, 6) is 0. The first-order valence-corrected chi connectivity index (χ1v) is 8.16. The van der Waals surface area contributed by atoms with E-state index in [0.29, 0.717) is 0 Å². The number of rotatable bonds is 3. The van der Waals surface area contributed by atoms with Gasteiger partial charge in [0.15, 0.2) is 0 Å². The molecule has 0 amide bonds. The van der Waals surface area contributed by atoms with Gasteiger partial charge in [-0.05, 0) is 58.4 Å². The van der Waals surface area contributed by atoms with E-state index < -0.39 is 0 Å². The van der Waals surface area contributed by atoms with Gasteiger partial charge in [0.2, 0.25) is 0 Å². The first-order valence-electron chi connectivity index (χ1n) is 8.16. The molecule has 0 N–H and O–H groups in total. The zero-order valence-corrected chi connectivity index (χ0v) is 14.5. The lowest BCUT2D eigenvalue weighted by Crippen LogP contribution is -2.15. The topological polar surface area (TPSA) is 0 Å². The van der Waals surface area contributed by atoms with Gasteiger partial charge in [-0.15, -0.1) is 0 Å². The van der Waals surface area contributed by atoms with Crippen molar-refractivity contribution in [2.24, 2.45) is 0 Å². The van der Waals surface area contributed by atoms with Gasteiger partial charge in [-0.1, -0.05) is 75.6 Å². The summed E-state index contributed by atoms with van der Waals surface area (Å²) >= 11 is 0. The van der Waals surface area contributed by atoms with Gasteiger partial charge >= 0.3 is 0 Å². The van der Waals surface area contributed by atoms with Crippen molar-refractivity contribution >= 4 is 18.2 Å². The molecule has 0 aromatic heterocycles. The second-order valence-corrected chi connectivity index (χ2v) is 6.74. The zero-order valence-electron chi connectivity index (χ0n) is 14.5. The molecule has 23 heavy (non-hydrogen) atoms. The smallest absolute Gasteiger partial charge is 0.0159 e. The molecular weight excluding hydrogens is 276 g/mol. The van der Waals surface area contributed by atoms with Crippen LogP contribution in [0.15, 0.2) is 43.5 Å². The Kier molecular flexibility index (Phi) is 3.64. The number of hydrogen-bond acceptors (Lipinski definition) is 0. The Hall–Kier alpha value is -2.34. The van der Waals surface area contributed by atoms with E-state index in [9.17, 15) is 0 Å². The predicted octanol–water partition coefficient (Wildman–Crippen LogP) is 6.62. The molecule has 0 heterocycles. The van der Waals surface area contributed by atoms with Gasteiger partial charge in [0.25, 0.3) is 0 Å². The standard InChI is InChI=1S/C23H24/c1-7-10-16-12-14-20-22(18(16)9-3)21-17(8-2)15(4)11-13-19(21)23(20,5)6/h7-14H,2-3H2,1,4-6H3/b10-7-. The molecule has 2 aromatic rings. The Morgan fingerprint density at radius 3 is 2.00 bits per heavy atom. The minimum absolute atomic E-state index is 0.00233. The minimum atomic E-state index is 0.00233. The van der Waals surface area contributed by atoms with E-state index in [2.05, 4.69) is 77.3 Å². The molecule has 0 bridgehead atoms. The largest absolute Gasteiger partial charge is 0.0984 e. The van der Waals surface area contributed by atoms with Crippen LogP contribution in [0, 0.1) is 6.92 Å². The lowest BCUT2D eigenvalue weighted by molar-refractivity contribution is 0.660. The average Bonchev–Trinajstić information content (AvgIpc) is 2.75. The summed E-state index contributed by atoms with van der Waals surface area (Å²) in [5.41, 5.74) is 10.4. The Bertz CT molecular complexity index is 845. The summed E-state index contributed by atoms with van der Waals surface area (Å²) in [5, 5.41) is 0. The Labute approximate surface area is 139 Å². The molecule has 0 saturated carbocycles. The number of aryl methyl sites for hydroxylation is 1. The summed E-state index contributed by atoms with van der Waals surface area (Å²) in [6, 6.07) is 8.98. The molecule has 0 unspecified atom stereocenters.